The Morgan fingerprint density at radius 1 is 1.09 bits per heavy atom. The number of aryl methyl sites for hydroxylation is 1. The molecule has 0 spiro atoms. The van der Waals surface area contributed by atoms with Crippen molar-refractivity contribution in [1.82, 2.24) is 4.90 Å². The van der Waals surface area contributed by atoms with E-state index in [0.29, 0.717) is 11.7 Å². The molecule has 2 heterocycles. The van der Waals surface area contributed by atoms with Gasteiger partial charge in [0.05, 0.1) is 13.2 Å². The molecular formula is C27H32N2O4. The van der Waals surface area contributed by atoms with Gasteiger partial charge in [-0.1, -0.05) is 38.1 Å². The van der Waals surface area contributed by atoms with Crippen molar-refractivity contribution in [3.8, 4) is 5.75 Å². The van der Waals surface area contributed by atoms with Crippen molar-refractivity contribution >= 4 is 11.6 Å². The van der Waals surface area contributed by atoms with Gasteiger partial charge in [-0.05, 0) is 59.9 Å². The SMILES string of the molecule is Cc1ccc(C(C)C)c(OCc2ccc(C(=O)Nc3cccc(CN4CCOCC4)c3)o2)c1. The first-order chi connectivity index (χ1) is 16.0. The normalized spacial score (nSPS) is 14.4. The Kier molecular flexibility index (Phi) is 7.47. The molecule has 0 radical (unpaired) electrons. The number of benzene rings is 2. The summed E-state index contributed by atoms with van der Waals surface area (Å²) in [4.78, 5) is 15.1. The first-order valence-electron chi connectivity index (χ1n) is 11.5. The molecule has 1 aliphatic heterocycles. The van der Waals surface area contributed by atoms with E-state index in [-0.39, 0.29) is 18.3 Å². The number of carbonyl (C=O) groups excluding carboxylic acids is 1. The Labute approximate surface area is 195 Å². The van der Waals surface area contributed by atoms with Crippen molar-refractivity contribution in [3.63, 3.8) is 0 Å². The summed E-state index contributed by atoms with van der Waals surface area (Å²) in [6.07, 6.45) is 0. The Morgan fingerprint density at radius 2 is 1.91 bits per heavy atom. The smallest absolute Gasteiger partial charge is 0.291 e. The predicted molar refractivity (Wildman–Crippen MR) is 129 cm³/mol. The molecule has 33 heavy (non-hydrogen) atoms. The lowest BCUT2D eigenvalue weighted by atomic mass is 10.0. The minimum absolute atomic E-state index is 0.264. The zero-order valence-corrected chi connectivity index (χ0v) is 19.6. The average molecular weight is 449 g/mol. The fraction of sp³-hybridized carbons (Fsp3) is 0.370. The number of anilines is 1. The van der Waals surface area contributed by atoms with Crippen molar-refractivity contribution < 1.29 is 18.7 Å². The maximum absolute atomic E-state index is 12.7. The quantitative estimate of drug-likeness (QED) is 0.502. The lowest BCUT2D eigenvalue weighted by Crippen LogP contribution is -2.35. The highest BCUT2D eigenvalue weighted by atomic mass is 16.5. The van der Waals surface area contributed by atoms with Crippen molar-refractivity contribution in [2.75, 3.05) is 31.6 Å². The molecule has 1 fully saturated rings. The molecule has 0 saturated carbocycles. The number of furan rings is 1. The molecule has 174 valence electrons. The second kappa shape index (κ2) is 10.7. The molecule has 2 aromatic carbocycles. The number of nitrogens with zero attached hydrogens (tertiary/aromatic N) is 1. The molecule has 1 aromatic heterocycles. The standard InChI is InChI=1S/C27H32N2O4/c1-19(2)24-9-7-20(3)15-26(24)32-18-23-8-10-25(33-23)27(30)28-22-6-4-5-21(16-22)17-29-11-13-31-14-12-29/h4-10,15-16,19H,11-14,17-18H2,1-3H3,(H,28,30). The first kappa shape index (κ1) is 23.1. The van der Waals surface area contributed by atoms with Crippen LogP contribution in [0.4, 0.5) is 5.69 Å². The fourth-order valence-corrected chi connectivity index (χ4v) is 3.93. The van der Waals surface area contributed by atoms with E-state index >= 15 is 0 Å². The second-order valence-electron chi connectivity index (χ2n) is 8.79. The highest BCUT2D eigenvalue weighted by Crippen LogP contribution is 2.28. The van der Waals surface area contributed by atoms with Crippen LogP contribution in [0.25, 0.3) is 0 Å². The van der Waals surface area contributed by atoms with Crippen LogP contribution in [0.15, 0.2) is 59.0 Å². The van der Waals surface area contributed by atoms with E-state index in [1.54, 1.807) is 12.1 Å². The summed E-state index contributed by atoms with van der Waals surface area (Å²) in [5.41, 5.74) is 4.20. The second-order valence-corrected chi connectivity index (χ2v) is 8.79. The topological polar surface area (TPSA) is 63.9 Å². The minimum atomic E-state index is -0.275. The van der Waals surface area contributed by atoms with Gasteiger partial charge >= 0.3 is 0 Å². The number of morpholine rings is 1. The molecule has 1 N–H and O–H groups in total. The van der Waals surface area contributed by atoms with E-state index in [4.69, 9.17) is 13.9 Å². The number of carbonyl (C=O) groups is 1. The van der Waals surface area contributed by atoms with E-state index in [2.05, 4.69) is 42.3 Å². The largest absolute Gasteiger partial charge is 0.485 e. The third-order valence-corrected chi connectivity index (χ3v) is 5.74. The zero-order valence-electron chi connectivity index (χ0n) is 19.6. The first-order valence-corrected chi connectivity index (χ1v) is 11.5. The summed E-state index contributed by atoms with van der Waals surface area (Å²) >= 11 is 0. The molecular weight excluding hydrogens is 416 g/mol. The van der Waals surface area contributed by atoms with Gasteiger partial charge in [-0.15, -0.1) is 0 Å². The fourth-order valence-electron chi connectivity index (χ4n) is 3.93. The average Bonchev–Trinajstić information content (AvgIpc) is 3.28. The van der Waals surface area contributed by atoms with E-state index < -0.39 is 0 Å². The maximum atomic E-state index is 12.7. The zero-order chi connectivity index (χ0) is 23.2. The summed E-state index contributed by atoms with van der Waals surface area (Å²) in [5, 5.41) is 2.94. The van der Waals surface area contributed by atoms with Crippen LogP contribution in [-0.4, -0.2) is 37.1 Å². The van der Waals surface area contributed by atoms with Gasteiger partial charge in [-0.25, -0.2) is 0 Å². The maximum Gasteiger partial charge on any atom is 0.291 e. The van der Waals surface area contributed by atoms with Crippen molar-refractivity contribution in [1.29, 1.82) is 0 Å². The Balaban J connectivity index is 1.36. The van der Waals surface area contributed by atoms with Gasteiger partial charge in [0.25, 0.3) is 5.91 Å². The van der Waals surface area contributed by atoms with Gasteiger partial charge in [0.2, 0.25) is 0 Å². The van der Waals surface area contributed by atoms with Gasteiger partial charge in [0.1, 0.15) is 18.1 Å². The van der Waals surface area contributed by atoms with Gasteiger partial charge in [-0.3, -0.25) is 9.69 Å². The summed E-state index contributed by atoms with van der Waals surface area (Å²) < 4.78 is 17.2. The van der Waals surface area contributed by atoms with Crippen LogP contribution in [-0.2, 0) is 17.9 Å². The Bertz CT molecular complexity index is 1080. The molecule has 3 aromatic rings. The molecule has 0 bridgehead atoms. The van der Waals surface area contributed by atoms with Crippen LogP contribution in [0.3, 0.4) is 0 Å². The Hall–Kier alpha value is -3.09. The third kappa shape index (κ3) is 6.24. The molecule has 1 saturated heterocycles. The van der Waals surface area contributed by atoms with E-state index in [1.807, 2.05) is 31.2 Å². The molecule has 1 aliphatic rings. The summed E-state index contributed by atoms with van der Waals surface area (Å²) in [5.74, 6) is 1.81. The Morgan fingerprint density at radius 3 is 2.70 bits per heavy atom. The molecule has 4 rings (SSSR count). The van der Waals surface area contributed by atoms with Crippen LogP contribution in [0.1, 0.15) is 52.8 Å². The predicted octanol–water partition coefficient (Wildman–Crippen LogP) is 5.37. The highest BCUT2D eigenvalue weighted by molar-refractivity contribution is 6.02. The van der Waals surface area contributed by atoms with Crippen LogP contribution in [0.5, 0.6) is 5.75 Å². The van der Waals surface area contributed by atoms with Gasteiger partial charge in [-0.2, -0.15) is 0 Å². The van der Waals surface area contributed by atoms with Gasteiger partial charge in [0.15, 0.2) is 5.76 Å². The number of amides is 1. The van der Waals surface area contributed by atoms with Crippen LogP contribution >= 0.6 is 0 Å². The van der Waals surface area contributed by atoms with Crippen molar-refractivity contribution in [3.05, 3.63) is 82.8 Å². The van der Waals surface area contributed by atoms with Crippen molar-refractivity contribution in [2.45, 2.75) is 39.8 Å². The monoisotopic (exact) mass is 448 g/mol. The molecule has 0 unspecified atom stereocenters. The summed E-state index contributed by atoms with van der Waals surface area (Å²) in [6.45, 7) is 10.8. The molecule has 6 nitrogen and oxygen atoms in total. The van der Waals surface area contributed by atoms with E-state index in [1.165, 1.54) is 0 Å². The number of hydrogen-bond acceptors (Lipinski definition) is 5. The number of rotatable bonds is 8. The number of ether oxygens (including phenoxy) is 2. The van der Waals surface area contributed by atoms with Gasteiger partial charge < -0.3 is 19.2 Å². The van der Waals surface area contributed by atoms with Crippen LogP contribution in [0, 0.1) is 6.92 Å². The molecule has 0 atom stereocenters. The molecule has 1 amide bonds. The van der Waals surface area contributed by atoms with E-state index in [9.17, 15) is 4.79 Å². The summed E-state index contributed by atoms with van der Waals surface area (Å²) in [6, 6.07) is 17.6. The summed E-state index contributed by atoms with van der Waals surface area (Å²) in [7, 11) is 0. The number of nitrogens with one attached hydrogen (secondary N) is 1. The third-order valence-electron chi connectivity index (χ3n) is 5.74. The lowest BCUT2D eigenvalue weighted by molar-refractivity contribution is 0.0342. The van der Waals surface area contributed by atoms with Crippen LogP contribution in [0.2, 0.25) is 0 Å². The van der Waals surface area contributed by atoms with Crippen LogP contribution < -0.4 is 10.1 Å². The molecule has 0 aliphatic carbocycles. The number of hydrogen-bond donors (Lipinski definition) is 1. The minimum Gasteiger partial charge on any atom is -0.485 e. The van der Waals surface area contributed by atoms with Gasteiger partial charge in [0, 0.05) is 25.3 Å². The van der Waals surface area contributed by atoms with E-state index in [0.717, 1.165) is 61.0 Å². The molecule has 6 heteroatoms. The van der Waals surface area contributed by atoms with Crippen molar-refractivity contribution in [2.24, 2.45) is 0 Å². The highest BCUT2D eigenvalue weighted by Gasteiger charge is 2.15. The lowest BCUT2D eigenvalue weighted by Gasteiger charge is -2.26.